The first-order valence-electron chi connectivity index (χ1n) is 9.47. The highest BCUT2D eigenvalue weighted by Gasteiger charge is 2.29. The lowest BCUT2D eigenvalue weighted by molar-refractivity contribution is 0.0935. The summed E-state index contributed by atoms with van der Waals surface area (Å²) >= 11 is 0. The van der Waals surface area contributed by atoms with Gasteiger partial charge in [0.05, 0.1) is 11.5 Å². The molecule has 0 spiro atoms. The number of benzene rings is 2. The molecule has 1 amide bonds. The molecule has 0 aliphatic heterocycles. The maximum absolute atomic E-state index is 12.9. The van der Waals surface area contributed by atoms with Gasteiger partial charge in [-0.15, -0.1) is 0 Å². The molecule has 0 bridgehead atoms. The second-order valence-electron chi connectivity index (χ2n) is 7.14. The quantitative estimate of drug-likeness (QED) is 0.705. The molecular formula is C21H26N2O4S. The van der Waals surface area contributed by atoms with Crippen LogP contribution in [0.1, 0.15) is 42.6 Å². The van der Waals surface area contributed by atoms with E-state index in [4.69, 9.17) is 4.74 Å². The van der Waals surface area contributed by atoms with E-state index in [-0.39, 0.29) is 16.8 Å². The van der Waals surface area contributed by atoms with Gasteiger partial charge in [-0.05, 0) is 81.5 Å². The Labute approximate surface area is 166 Å². The van der Waals surface area contributed by atoms with E-state index in [0.717, 1.165) is 12.8 Å². The summed E-state index contributed by atoms with van der Waals surface area (Å²) in [6, 6.07) is 11.5. The largest absolute Gasteiger partial charge is 0.494 e. The molecule has 1 unspecified atom stereocenters. The van der Waals surface area contributed by atoms with Gasteiger partial charge in [-0.3, -0.25) is 9.52 Å². The van der Waals surface area contributed by atoms with Crippen molar-refractivity contribution < 1.29 is 17.9 Å². The van der Waals surface area contributed by atoms with Crippen LogP contribution in [0.2, 0.25) is 0 Å². The normalized spacial score (nSPS) is 15.0. The van der Waals surface area contributed by atoms with Crippen LogP contribution in [-0.4, -0.2) is 27.0 Å². The van der Waals surface area contributed by atoms with E-state index in [0.29, 0.717) is 35.1 Å². The number of hydrogen-bond donors (Lipinski definition) is 2. The van der Waals surface area contributed by atoms with Gasteiger partial charge in [0.25, 0.3) is 15.9 Å². The minimum Gasteiger partial charge on any atom is -0.494 e. The summed E-state index contributed by atoms with van der Waals surface area (Å²) in [5, 5.41) is 2.96. The van der Waals surface area contributed by atoms with Gasteiger partial charge < -0.3 is 10.1 Å². The summed E-state index contributed by atoms with van der Waals surface area (Å²) in [4.78, 5) is 12.6. The molecule has 2 aromatic carbocycles. The Hall–Kier alpha value is -2.54. The second kappa shape index (κ2) is 8.22. The summed E-state index contributed by atoms with van der Waals surface area (Å²) in [6.07, 6.45) is 2.25. The van der Waals surface area contributed by atoms with Crippen LogP contribution in [0.3, 0.4) is 0 Å². The van der Waals surface area contributed by atoms with Crippen molar-refractivity contribution in [3.63, 3.8) is 0 Å². The molecule has 2 N–H and O–H groups in total. The number of aryl methyl sites for hydroxylation is 1. The van der Waals surface area contributed by atoms with Crippen LogP contribution in [0, 0.1) is 12.8 Å². The first-order chi connectivity index (χ1) is 13.3. The topological polar surface area (TPSA) is 84.5 Å². The van der Waals surface area contributed by atoms with Crippen molar-refractivity contribution in [3.05, 3.63) is 53.6 Å². The van der Waals surface area contributed by atoms with E-state index in [9.17, 15) is 13.2 Å². The molecule has 1 aliphatic rings. The molecule has 2 aromatic rings. The van der Waals surface area contributed by atoms with E-state index in [1.165, 1.54) is 6.07 Å². The van der Waals surface area contributed by atoms with E-state index in [1.807, 2.05) is 13.8 Å². The lowest BCUT2D eigenvalue weighted by Crippen LogP contribution is -2.34. The van der Waals surface area contributed by atoms with Gasteiger partial charge in [0, 0.05) is 17.3 Å². The molecule has 3 rings (SSSR count). The molecule has 0 heterocycles. The van der Waals surface area contributed by atoms with Crippen LogP contribution < -0.4 is 14.8 Å². The number of nitrogens with one attached hydrogen (secondary N) is 2. The molecule has 1 aliphatic carbocycles. The summed E-state index contributed by atoms with van der Waals surface area (Å²) in [5.41, 5.74) is 1.34. The van der Waals surface area contributed by atoms with Gasteiger partial charge in [0.1, 0.15) is 5.75 Å². The Morgan fingerprint density at radius 2 is 1.86 bits per heavy atom. The predicted molar refractivity (Wildman–Crippen MR) is 109 cm³/mol. The minimum atomic E-state index is -3.83. The molecule has 7 heteroatoms. The Bertz CT molecular complexity index is 951. The Balaban J connectivity index is 1.79. The monoisotopic (exact) mass is 402 g/mol. The molecular weight excluding hydrogens is 376 g/mol. The summed E-state index contributed by atoms with van der Waals surface area (Å²) in [5.74, 6) is 0.945. The molecule has 0 radical (unpaired) electrons. The fourth-order valence-corrected chi connectivity index (χ4v) is 4.36. The van der Waals surface area contributed by atoms with Gasteiger partial charge in [-0.2, -0.15) is 0 Å². The molecule has 1 atom stereocenters. The van der Waals surface area contributed by atoms with Crippen molar-refractivity contribution in [2.75, 3.05) is 11.3 Å². The number of anilines is 1. The molecule has 28 heavy (non-hydrogen) atoms. The number of carbonyl (C=O) groups excluding carboxylic acids is 1. The molecule has 1 saturated carbocycles. The van der Waals surface area contributed by atoms with Crippen molar-refractivity contribution in [1.29, 1.82) is 0 Å². The maximum atomic E-state index is 12.9. The van der Waals surface area contributed by atoms with Gasteiger partial charge >= 0.3 is 0 Å². The zero-order chi connectivity index (χ0) is 20.3. The third-order valence-corrected chi connectivity index (χ3v) is 6.37. The maximum Gasteiger partial charge on any atom is 0.262 e. The van der Waals surface area contributed by atoms with Crippen molar-refractivity contribution in [3.8, 4) is 5.75 Å². The van der Waals surface area contributed by atoms with Crippen molar-refractivity contribution in [1.82, 2.24) is 5.32 Å². The van der Waals surface area contributed by atoms with Crippen LogP contribution in [0.4, 0.5) is 5.69 Å². The van der Waals surface area contributed by atoms with Gasteiger partial charge in [-0.25, -0.2) is 8.42 Å². The lowest BCUT2D eigenvalue weighted by atomic mass is 10.1. The Morgan fingerprint density at radius 1 is 1.18 bits per heavy atom. The predicted octanol–water partition coefficient (Wildman–Crippen LogP) is 3.72. The van der Waals surface area contributed by atoms with Crippen molar-refractivity contribution >= 4 is 21.6 Å². The highest BCUT2D eigenvalue weighted by Crippen LogP contribution is 2.32. The SMILES string of the molecule is CCOc1ccc(NS(=O)(=O)c2cc(C(=O)NC(C)C3CC3)ccc2C)cc1. The van der Waals surface area contributed by atoms with Gasteiger partial charge in [0.15, 0.2) is 0 Å². The first-order valence-corrected chi connectivity index (χ1v) is 11.0. The highest BCUT2D eigenvalue weighted by atomic mass is 32.2. The number of hydrogen-bond acceptors (Lipinski definition) is 4. The van der Waals surface area contributed by atoms with Gasteiger partial charge in [0.2, 0.25) is 0 Å². The number of rotatable bonds is 8. The van der Waals surface area contributed by atoms with Crippen LogP contribution in [-0.2, 0) is 10.0 Å². The average Bonchev–Trinajstić information content (AvgIpc) is 3.48. The average molecular weight is 403 g/mol. The number of amides is 1. The lowest BCUT2D eigenvalue weighted by Gasteiger charge is -2.15. The van der Waals surface area contributed by atoms with Crippen molar-refractivity contribution in [2.45, 2.75) is 44.6 Å². The second-order valence-corrected chi connectivity index (χ2v) is 8.79. The van der Waals surface area contributed by atoms with Crippen LogP contribution in [0.5, 0.6) is 5.75 Å². The van der Waals surface area contributed by atoms with E-state index in [2.05, 4.69) is 10.0 Å². The van der Waals surface area contributed by atoms with E-state index in [1.54, 1.807) is 43.3 Å². The Kier molecular flexibility index (Phi) is 5.93. The standard InChI is InChI=1S/C21H26N2O4S/c1-4-27-19-11-9-18(10-12-19)23-28(25,26)20-13-17(6-5-14(20)2)21(24)22-15(3)16-7-8-16/h5-6,9-13,15-16,23H,4,7-8H2,1-3H3,(H,22,24). The fourth-order valence-electron chi connectivity index (χ4n) is 3.03. The molecule has 0 aromatic heterocycles. The molecule has 150 valence electrons. The number of sulfonamides is 1. The van der Waals surface area contributed by atoms with Crippen molar-refractivity contribution in [2.24, 2.45) is 5.92 Å². The summed E-state index contributed by atoms with van der Waals surface area (Å²) in [7, 11) is -3.83. The zero-order valence-electron chi connectivity index (χ0n) is 16.4. The van der Waals surface area contributed by atoms with Gasteiger partial charge in [-0.1, -0.05) is 6.07 Å². The van der Waals surface area contributed by atoms with E-state index >= 15 is 0 Å². The van der Waals surface area contributed by atoms with Crippen LogP contribution >= 0.6 is 0 Å². The minimum absolute atomic E-state index is 0.0908. The molecule has 1 fully saturated rings. The van der Waals surface area contributed by atoms with Crippen LogP contribution in [0.25, 0.3) is 0 Å². The highest BCUT2D eigenvalue weighted by molar-refractivity contribution is 7.92. The molecule has 0 saturated heterocycles. The van der Waals surface area contributed by atoms with E-state index < -0.39 is 10.0 Å². The smallest absolute Gasteiger partial charge is 0.262 e. The summed E-state index contributed by atoms with van der Waals surface area (Å²) < 4.78 is 33.7. The first kappa shape index (κ1) is 20.2. The third kappa shape index (κ3) is 4.84. The number of carbonyl (C=O) groups is 1. The third-order valence-electron chi connectivity index (χ3n) is 4.85. The number of ether oxygens (including phenoxy) is 1. The van der Waals surface area contributed by atoms with Crippen LogP contribution in [0.15, 0.2) is 47.4 Å². The zero-order valence-corrected chi connectivity index (χ0v) is 17.2. The fraction of sp³-hybridized carbons (Fsp3) is 0.381. The summed E-state index contributed by atoms with van der Waals surface area (Å²) in [6.45, 7) is 6.11. The Morgan fingerprint density at radius 3 is 2.46 bits per heavy atom. The molecule has 6 nitrogen and oxygen atoms in total.